The molecule has 32 heavy (non-hydrogen) atoms. The molecule has 0 aliphatic rings. The summed E-state index contributed by atoms with van der Waals surface area (Å²) in [4.78, 5) is 22.9. The molecule has 1 aromatic rings. The molecule has 0 aromatic heterocycles. The Balaban J connectivity index is 1.90. The van der Waals surface area contributed by atoms with E-state index in [4.69, 9.17) is 23.7 Å². The monoisotopic (exact) mass is 453 g/mol. The first-order valence-electron chi connectivity index (χ1n) is 11.5. The first-order valence-corrected chi connectivity index (χ1v) is 11.5. The Labute approximate surface area is 191 Å². The number of ether oxygens (including phenoxy) is 5. The van der Waals surface area contributed by atoms with Crippen molar-refractivity contribution in [2.24, 2.45) is 5.92 Å². The minimum Gasteiger partial charge on any atom is -0.491 e. The van der Waals surface area contributed by atoms with Crippen LogP contribution in [0.4, 0.5) is 5.69 Å². The van der Waals surface area contributed by atoms with Gasteiger partial charge in [0.25, 0.3) is 0 Å². The van der Waals surface area contributed by atoms with Crippen molar-refractivity contribution in [3.05, 3.63) is 24.3 Å². The van der Waals surface area contributed by atoms with Gasteiger partial charge in [-0.3, -0.25) is 9.59 Å². The number of benzene rings is 1. The van der Waals surface area contributed by atoms with Crippen molar-refractivity contribution in [3.8, 4) is 5.75 Å². The molecule has 8 nitrogen and oxygen atoms in total. The molecule has 0 aliphatic carbocycles. The van der Waals surface area contributed by atoms with Gasteiger partial charge in [0.1, 0.15) is 19.0 Å². The Morgan fingerprint density at radius 1 is 0.844 bits per heavy atom. The number of hydrogen-bond acceptors (Lipinski definition) is 7. The van der Waals surface area contributed by atoms with Gasteiger partial charge < -0.3 is 29.0 Å². The first kappa shape index (κ1) is 27.9. The summed E-state index contributed by atoms with van der Waals surface area (Å²) in [7, 11) is 0. The molecule has 1 unspecified atom stereocenters. The molecule has 0 aliphatic heterocycles. The van der Waals surface area contributed by atoms with Gasteiger partial charge in [0, 0.05) is 12.6 Å². The van der Waals surface area contributed by atoms with Crippen molar-refractivity contribution in [2.45, 2.75) is 46.5 Å². The first-order chi connectivity index (χ1) is 15.6. The average molecular weight is 454 g/mol. The topological polar surface area (TPSA) is 92.3 Å². The van der Waals surface area contributed by atoms with Gasteiger partial charge in [-0.1, -0.05) is 26.7 Å². The van der Waals surface area contributed by atoms with Crippen LogP contribution in [-0.2, 0) is 28.5 Å². The molecule has 0 spiro atoms. The zero-order valence-electron chi connectivity index (χ0n) is 19.7. The van der Waals surface area contributed by atoms with Gasteiger partial charge in [0.05, 0.1) is 45.6 Å². The molecule has 0 saturated carbocycles. The minimum absolute atomic E-state index is 0.000671. The second-order valence-electron chi connectivity index (χ2n) is 7.31. The van der Waals surface area contributed by atoms with E-state index in [0.717, 1.165) is 31.4 Å². The van der Waals surface area contributed by atoms with Crippen molar-refractivity contribution in [1.82, 2.24) is 0 Å². The summed E-state index contributed by atoms with van der Waals surface area (Å²) in [5.74, 6) is 0.487. The van der Waals surface area contributed by atoms with Gasteiger partial charge in [-0.2, -0.15) is 0 Å². The number of carbonyl (C=O) groups is 2. The van der Waals surface area contributed by atoms with Gasteiger partial charge >= 0.3 is 5.97 Å². The maximum atomic E-state index is 12.0. The fourth-order valence-corrected chi connectivity index (χ4v) is 2.86. The summed E-state index contributed by atoms with van der Waals surface area (Å²) in [5.41, 5.74) is 0.732. The Bertz CT molecular complexity index is 621. The highest BCUT2D eigenvalue weighted by Crippen LogP contribution is 2.15. The summed E-state index contributed by atoms with van der Waals surface area (Å²) in [6.07, 6.45) is 3.84. The van der Waals surface area contributed by atoms with Gasteiger partial charge in [-0.15, -0.1) is 0 Å². The van der Waals surface area contributed by atoms with Gasteiger partial charge in [0.2, 0.25) is 5.91 Å². The fraction of sp³-hybridized carbons (Fsp3) is 0.667. The highest BCUT2D eigenvalue weighted by Gasteiger charge is 2.16. The van der Waals surface area contributed by atoms with Crippen LogP contribution in [0.2, 0.25) is 0 Å². The second-order valence-corrected chi connectivity index (χ2v) is 7.31. The van der Waals surface area contributed by atoms with Gasteiger partial charge in [0.15, 0.2) is 0 Å². The van der Waals surface area contributed by atoms with E-state index in [9.17, 15) is 9.59 Å². The number of nitrogens with one attached hydrogen (secondary N) is 1. The summed E-state index contributed by atoms with van der Waals surface area (Å²) in [6, 6.07) is 7.16. The van der Waals surface area contributed by atoms with Crippen LogP contribution < -0.4 is 10.1 Å². The third-order valence-electron chi connectivity index (χ3n) is 4.62. The molecule has 0 bridgehead atoms. The van der Waals surface area contributed by atoms with Crippen LogP contribution in [0, 0.1) is 5.92 Å². The molecule has 1 amide bonds. The smallest absolute Gasteiger partial charge is 0.308 e. The van der Waals surface area contributed by atoms with Crippen molar-refractivity contribution < 1.29 is 33.3 Å². The van der Waals surface area contributed by atoms with E-state index in [0.29, 0.717) is 52.0 Å². The van der Waals surface area contributed by atoms with E-state index < -0.39 is 0 Å². The summed E-state index contributed by atoms with van der Waals surface area (Å²) >= 11 is 0. The molecule has 8 heteroatoms. The second kappa shape index (κ2) is 18.4. The number of rotatable bonds is 19. The van der Waals surface area contributed by atoms with Crippen LogP contribution >= 0.6 is 0 Å². The van der Waals surface area contributed by atoms with Crippen LogP contribution in [0.1, 0.15) is 46.5 Å². The normalized spacial score (nSPS) is 11.7. The molecule has 0 fully saturated rings. The quantitative estimate of drug-likeness (QED) is 0.251. The lowest BCUT2D eigenvalue weighted by molar-refractivity contribution is -0.150. The molecule has 1 rings (SSSR count). The maximum Gasteiger partial charge on any atom is 0.308 e. The Kier molecular flexibility index (Phi) is 16.0. The molecule has 182 valence electrons. The molecule has 1 atom stereocenters. The largest absolute Gasteiger partial charge is 0.491 e. The van der Waals surface area contributed by atoms with E-state index >= 15 is 0 Å². The highest BCUT2D eigenvalue weighted by molar-refractivity contribution is 5.88. The number of amides is 1. The Morgan fingerprint density at radius 2 is 1.41 bits per heavy atom. The molecule has 0 radical (unpaired) electrons. The number of hydrogen-bond donors (Lipinski definition) is 1. The lowest BCUT2D eigenvalue weighted by Gasteiger charge is -2.13. The van der Waals surface area contributed by atoms with Crippen LogP contribution in [0.15, 0.2) is 24.3 Å². The van der Waals surface area contributed by atoms with Crippen LogP contribution in [-0.4, -0.2) is 64.7 Å². The fourth-order valence-electron chi connectivity index (χ4n) is 2.86. The average Bonchev–Trinajstić information content (AvgIpc) is 2.78. The lowest BCUT2D eigenvalue weighted by atomic mass is 10.00. The third-order valence-corrected chi connectivity index (χ3v) is 4.62. The van der Waals surface area contributed by atoms with E-state index in [2.05, 4.69) is 12.2 Å². The Hall–Kier alpha value is -2.16. The SMILES string of the molecule is CCCCC(CC)C(=O)OCCOCCOCCOCCOc1ccc(NC(C)=O)cc1. The molecule has 1 aromatic carbocycles. The van der Waals surface area contributed by atoms with Gasteiger partial charge in [-0.25, -0.2) is 0 Å². The zero-order valence-corrected chi connectivity index (χ0v) is 19.7. The van der Waals surface area contributed by atoms with Crippen molar-refractivity contribution in [3.63, 3.8) is 0 Å². The van der Waals surface area contributed by atoms with Crippen LogP contribution in [0.25, 0.3) is 0 Å². The lowest BCUT2D eigenvalue weighted by Crippen LogP contribution is -2.20. The summed E-state index contributed by atoms with van der Waals surface area (Å²) < 4.78 is 27.2. The summed E-state index contributed by atoms with van der Waals surface area (Å²) in [6.45, 7) is 8.99. The van der Waals surface area contributed by atoms with E-state index in [1.165, 1.54) is 6.92 Å². The van der Waals surface area contributed by atoms with E-state index in [1.807, 2.05) is 6.92 Å². The number of unbranched alkanes of at least 4 members (excludes halogenated alkanes) is 1. The Morgan fingerprint density at radius 3 is 1.94 bits per heavy atom. The predicted octanol–water partition coefficient (Wildman–Crippen LogP) is 3.83. The minimum atomic E-state index is -0.121. The number of anilines is 1. The maximum absolute atomic E-state index is 12.0. The predicted molar refractivity (Wildman–Crippen MR) is 123 cm³/mol. The molecule has 1 N–H and O–H groups in total. The van der Waals surface area contributed by atoms with E-state index in [1.54, 1.807) is 24.3 Å². The highest BCUT2D eigenvalue weighted by atomic mass is 16.6. The molecule has 0 heterocycles. The summed E-state index contributed by atoms with van der Waals surface area (Å²) in [5, 5.41) is 2.70. The van der Waals surface area contributed by atoms with E-state index in [-0.39, 0.29) is 24.4 Å². The van der Waals surface area contributed by atoms with Crippen LogP contribution in [0.3, 0.4) is 0 Å². The van der Waals surface area contributed by atoms with Gasteiger partial charge in [-0.05, 0) is 37.1 Å². The molecular formula is C24H39NO7. The third kappa shape index (κ3) is 14.0. The molecule has 0 saturated heterocycles. The number of esters is 1. The standard InChI is InChI=1S/C24H39NO7/c1-4-6-7-21(5-2)24(27)32-19-17-30-15-13-28-12-14-29-16-18-31-23-10-8-22(9-11-23)25-20(3)26/h8-11,21H,4-7,12-19H2,1-3H3,(H,25,26). The van der Waals surface area contributed by atoms with Crippen molar-refractivity contribution >= 4 is 17.6 Å². The van der Waals surface area contributed by atoms with Crippen molar-refractivity contribution in [1.29, 1.82) is 0 Å². The molecular weight excluding hydrogens is 414 g/mol. The zero-order chi connectivity index (χ0) is 23.4. The number of carbonyl (C=O) groups excluding carboxylic acids is 2. The van der Waals surface area contributed by atoms with Crippen molar-refractivity contribution in [2.75, 3.05) is 58.2 Å². The van der Waals surface area contributed by atoms with Crippen LogP contribution in [0.5, 0.6) is 5.75 Å².